The average Bonchev–Trinajstić information content (AvgIpc) is 2.69. The number of amides is 1. The lowest BCUT2D eigenvalue weighted by Crippen LogP contribution is -2.35. The summed E-state index contributed by atoms with van der Waals surface area (Å²) in [6.45, 7) is 3.06. The first kappa shape index (κ1) is 20.8. The summed E-state index contributed by atoms with van der Waals surface area (Å²) in [7, 11) is -3.45. The molecule has 1 fully saturated rings. The summed E-state index contributed by atoms with van der Waals surface area (Å²) < 4.78 is 26.9. The molecule has 0 spiro atoms. The van der Waals surface area contributed by atoms with E-state index in [1.165, 1.54) is 0 Å². The highest BCUT2D eigenvalue weighted by molar-refractivity contribution is 7.89. The third-order valence-corrected chi connectivity index (χ3v) is 7.11. The summed E-state index contributed by atoms with van der Waals surface area (Å²) >= 11 is 6.00. The van der Waals surface area contributed by atoms with E-state index in [0.717, 1.165) is 30.4 Å². The average molecular weight is 421 g/mol. The molecule has 1 saturated heterocycles. The van der Waals surface area contributed by atoms with Gasteiger partial charge in [0, 0.05) is 18.1 Å². The van der Waals surface area contributed by atoms with E-state index in [2.05, 4.69) is 5.32 Å². The topological polar surface area (TPSA) is 66.5 Å². The van der Waals surface area contributed by atoms with Gasteiger partial charge in [0.25, 0.3) is 0 Å². The zero-order valence-electron chi connectivity index (χ0n) is 15.9. The summed E-state index contributed by atoms with van der Waals surface area (Å²) in [4.78, 5) is 12.6. The molecule has 3 rings (SSSR count). The fraction of sp³-hybridized carbons (Fsp3) is 0.381. The SMILES string of the molecule is CC(NC(=O)Cc1ccc(S(=O)(=O)N2CCCCC2)cc1)c1cccc(Cl)c1. The van der Waals surface area contributed by atoms with Gasteiger partial charge in [0.2, 0.25) is 15.9 Å². The van der Waals surface area contributed by atoms with Crippen LogP contribution >= 0.6 is 11.6 Å². The van der Waals surface area contributed by atoms with Crippen LogP contribution in [-0.4, -0.2) is 31.7 Å². The van der Waals surface area contributed by atoms with Crippen LogP contribution in [0.25, 0.3) is 0 Å². The molecular weight excluding hydrogens is 396 g/mol. The summed E-state index contributed by atoms with van der Waals surface area (Å²) in [6.07, 6.45) is 3.08. The van der Waals surface area contributed by atoms with Gasteiger partial charge in [-0.1, -0.05) is 42.3 Å². The monoisotopic (exact) mass is 420 g/mol. The summed E-state index contributed by atoms with van der Waals surface area (Å²) in [5.41, 5.74) is 1.71. The van der Waals surface area contributed by atoms with E-state index in [4.69, 9.17) is 11.6 Å². The van der Waals surface area contributed by atoms with Gasteiger partial charge in [-0.15, -0.1) is 0 Å². The van der Waals surface area contributed by atoms with Gasteiger partial charge in [0.15, 0.2) is 0 Å². The highest BCUT2D eigenvalue weighted by Crippen LogP contribution is 2.21. The number of carbonyl (C=O) groups excluding carboxylic acids is 1. The summed E-state index contributed by atoms with van der Waals surface area (Å²) in [6, 6.07) is 13.8. The lowest BCUT2D eigenvalue weighted by molar-refractivity contribution is -0.121. The van der Waals surface area contributed by atoms with Gasteiger partial charge in [-0.2, -0.15) is 4.31 Å². The van der Waals surface area contributed by atoms with Gasteiger partial charge < -0.3 is 5.32 Å². The Morgan fingerprint density at radius 3 is 2.43 bits per heavy atom. The predicted octanol–water partition coefficient (Wildman–Crippen LogP) is 3.93. The molecule has 1 N–H and O–H groups in total. The van der Waals surface area contributed by atoms with Gasteiger partial charge >= 0.3 is 0 Å². The van der Waals surface area contributed by atoms with Crippen molar-refractivity contribution in [3.8, 4) is 0 Å². The maximum Gasteiger partial charge on any atom is 0.243 e. The molecule has 0 bridgehead atoms. The molecule has 2 aromatic carbocycles. The smallest absolute Gasteiger partial charge is 0.243 e. The van der Waals surface area contributed by atoms with Crippen LogP contribution in [0.2, 0.25) is 5.02 Å². The van der Waals surface area contributed by atoms with E-state index in [1.807, 2.05) is 25.1 Å². The van der Waals surface area contributed by atoms with Gasteiger partial charge in [-0.3, -0.25) is 4.79 Å². The summed E-state index contributed by atoms with van der Waals surface area (Å²) in [5.74, 6) is -0.126. The van der Waals surface area contributed by atoms with Crippen molar-refractivity contribution in [1.29, 1.82) is 0 Å². The molecule has 1 unspecified atom stereocenters. The first-order valence-corrected chi connectivity index (χ1v) is 11.3. The Labute approximate surface area is 171 Å². The third kappa shape index (κ3) is 5.13. The Bertz CT molecular complexity index is 923. The third-order valence-electron chi connectivity index (χ3n) is 4.97. The highest BCUT2D eigenvalue weighted by Gasteiger charge is 2.25. The number of nitrogens with one attached hydrogen (secondary N) is 1. The molecule has 1 aliphatic rings. The van der Waals surface area contributed by atoms with E-state index in [1.54, 1.807) is 34.6 Å². The number of rotatable bonds is 6. The molecule has 2 aromatic rings. The number of piperidine rings is 1. The molecular formula is C21H25ClN2O3S. The van der Waals surface area contributed by atoms with Crippen LogP contribution < -0.4 is 5.32 Å². The fourth-order valence-electron chi connectivity index (χ4n) is 3.37. The number of nitrogens with zero attached hydrogens (tertiary/aromatic N) is 1. The van der Waals surface area contributed by atoms with Crippen LogP contribution in [0.3, 0.4) is 0 Å². The van der Waals surface area contributed by atoms with Gasteiger partial charge in [-0.05, 0) is 55.2 Å². The van der Waals surface area contributed by atoms with Crippen LogP contribution in [0.15, 0.2) is 53.4 Å². The zero-order valence-corrected chi connectivity index (χ0v) is 17.5. The molecule has 28 heavy (non-hydrogen) atoms. The zero-order chi connectivity index (χ0) is 20.1. The van der Waals surface area contributed by atoms with Crippen molar-refractivity contribution < 1.29 is 13.2 Å². The van der Waals surface area contributed by atoms with Crippen LogP contribution in [-0.2, 0) is 21.2 Å². The molecule has 1 heterocycles. The minimum Gasteiger partial charge on any atom is -0.349 e. The molecule has 1 atom stereocenters. The Hall–Kier alpha value is -1.89. The molecule has 0 saturated carbocycles. The van der Waals surface area contributed by atoms with Crippen molar-refractivity contribution in [2.75, 3.05) is 13.1 Å². The Morgan fingerprint density at radius 2 is 1.79 bits per heavy atom. The molecule has 0 aliphatic carbocycles. The van der Waals surface area contributed by atoms with E-state index in [9.17, 15) is 13.2 Å². The second-order valence-corrected chi connectivity index (χ2v) is 9.50. The van der Waals surface area contributed by atoms with Crippen molar-refractivity contribution in [2.24, 2.45) is 0 Å². The lowest BCUT2D eigenvalue weighted by Gasteiger charge is -2.25. The number of sulfonamides is 1. The van der Waals surface area contributed by atoms with Crippen LogP contribution in [0.1, 0.15) is 43.4 Å². The van der Waals surface area contributed by atoms with Gasteiger partial charge in [0.1, 0.15) is 0 Å². The van der Waals surface area contributed by atoms with E-state index in [-0.39, 0.29) is 23.3 Å². The van der Waals surface area contributed by atoms with Crippen LogP contribution in [0.5, 0.6) is 0 Å². The molecule has 7 heteroatoms. The maximum atomic E-state index is 12.7. The Kier molecular flexibility index (Phi) is 6.75. The van der Waals surface area contributed by atoms with Crippen molar-refractivity contribution in [2.45, 2.75) is 43.5 Å². The second-order valence-electron chi connectivity index (χ2n) is 7.13. The Balaban J connectivity index is 1.61. The predicted molar refractivity (Wildman–Crippen MR) is 111 cm³/mol. The number of carbonyl (C=O) groups is 1. The van der Waals surface area contributed by atoms with Crippen LogP contribution in [0, 0.1) is 0 Å². The molecule has 5 nitrogen and oxygen atoms in total. The standard InChI is InChI=1S/C21H25ClN2O3S/c1-16(18-6-5-7-19(22)15-18)23-21(25)14-17-8-10-20(11-9-17)28(26,27)24-12-3-2-4-13-24/h5-11,15-16H,2-4,12-14H2,1H3,(H,23,25). The first-order valence-electron chi connectivity index (χ1n) is 9.50. The molecule has 1 aliphatic heterocycles. The van der Waals surface area contributed by atoms with E-state index in [0.29, 0.717) is 18.1 Å². The van der Waals surface area contributed by atoms with Crippen molar-refractivity contribution in [3.63, 3.8) is 0 Å². The normalized spacial score (nSPS) is 16.5. The quantitative estimate of drug-likeness (QED) is 0.769. The van der Waals surface area contributed by atoms with E-state index < -0.39 is 10.0 Å². The summed E-state index contributed by atoms with van der Waals surface area (Å²) in [5, 5.41) is 3.57. The van der Waals surface area contributed by atoms with E-state index >= 15 is 0 Å². The van der Waals surface area contributed by atoms with Crippen molar-refractivity contribution >= 4 is 27.5 Å². The van der Waals surface area contributed by atoms with Gasteiger partial charge in [-0.25, -0.2) is 8.42 Å². The molecule has 0 aromatic heterocycles. The fourth-order valence-corrected chi connectivity index (χ4v) is 5.09. The van der Waals surface area contributed by atoms with Gasteiger partial charge in [0.05, 0.1) is 17.4 Å². The molecule has 0 radical (unpaired) electrons. The minimum atomic E-state index is -3.45. The largest absolute Gasteiger partial charge is 0.349 e. The number of benzene rings is 2. The minimum absolute atomic E-state index is 0.126. The van der Waals surface area contributed by atoms with Crippen molar-refractivity contribution in [1.82, 2.24) is 9.62 Å². The Morgan fingerprint density at radius 1 is 1.11 bits per heavy atom. The molecule has 150 valence electrons. The maximum absolute atomic E-state index is 12.7. The molecule has 1 amide bonds. The first-order chi connectivity index (χ1) is 13.4. The van der Waals surface area contributed by atoms with Crippen molar-refractivity contribution in [3.05, 3.63) is 64.7 Å². The number of hydrogen-bond donors (Lipinski definition) is 1. The highest BCUT2D eigenvalue weighted by atomic mass is 35.5. The number of halogens is 1. The lowest BCUT2D eigenvalue weighted by atomic mass is 10.1. The second kappa shape index (κ2) is 9.07. The number of hydrogen-bond acceptors (Lipinski definition) is 3. The van der Waals surface area contributed by atoms with Crippen LogP contribution in [0.4, 0.5) is 0 Å².